The number of hydrogen-bond acceptors (Lipinski definition) is 3. The smallest absolute Gasteiger partial charge is 0.259 e. The number of anilines is 1. The molecule has 6 heteroatoms. The summed E-state index contributed by atoms with van der Waals surface area (Å²) in [6.07, 6.45) is 0. The molecule has 0 saturated carbocycles. The molecule has 0 saturated heterocycles. The molecule has 4 nitrogen and oxygen atoms in total. The van der Waals surface area contributed by atoms with Crippen molar-refractivity contribution in [3.8, 4) is 11.5 Å². The number of phenols is 1. The van der Waals surface area contributed by atoms with Gasteiger partial charge in [-0.05, 0) is 41.5 Å². The predicted octanol–water partition coefficient (Wildman–Crippen LogP) is 4.39. The van der Waals surface area contributed by atoms with E-state index in [1.165, 1.54) is 7.11 Å². The fourth-order valence-corrected chi connectivity index (χ4v) is 2.68. The van der Waals surface area contributed by atoms with E-state index < -0.39 is 5.91 Å². The summed E-state index contributed by atoms with van der Waals surface area (Å²) >= 11 is 6.08. The molecule has 2 N–H and O–H groups in total. The molecule has 0 aromatic heterocycles. The van der Waals surface area contributed by atoms with Gasteiger partial charge in [-0.15, -0.1) is 0 Å². The van der Waals surface area contributed by atoms with E-state index in [1.54, 1.807) is 24.3 Å². The zero-order valence-electron chi connectivity index (χ0n) is 14.3. The molecule has 0 aliphatic rings. The maximum atomic E-state index is 12.6. The van der Waals surface area contributed by atoms with Crippen LogP contribution in [0.1, 0.15) is 15.9 Å². The number of carbonyl (C=O) groups is 1. The molecule has 0 atom stereocenters. The normalized spacial score (nSPS) is 10.2. The largest absolute Gasteiger partial charge is 0.507 e. The number of fused-ring (bicyclic) bond motifs is 1. The number of ether oxygens (including phenoxy) is 1. The Morgan fingerprint density at radius 1 is 1.12 bits per heavy atom. The number of amides is 1. The number of rotatable bonds is 3. The van der Waals surface area contributed by atoms with E-state index in [0.717, 1.165) is 16.3 Å². The fraction of sp³-hybridized carbons (Fsp3) is 0.105. The average Bonchev–Trinajstić information content (AvgIpc) is 2.57. The van der Waals surface area contributed by atoms with Crippen LogP contribution >= 0.6 is 11.6 Å². The molecule has 0 fully saturated rings. The number of aromatic hydroxyl groups is 1. The first-order chi connectivity index (χ1) is 11.5. The van der Waals surface area contributed by atoms with Crippen LogP contribution in [0.2, 0.25) is 5.02 Å². The fourth-order valence-electron chi connectivity index (χ4n) is 2.53. The second kappa shape index (κ2) is 8.53. The van der Waals surface area contributed by atoms with Crippen molar-refractivity contribution in [1.82, 2.24) is 0 Å². The molecule has 0 bridgehead atoms. The van der Waals surface area contributed by atoms with Crippen LogP contribution in [0.15, 0.2) is 48.5 Å². The van der Waals surface area contributed by atoms with E-state index in [2.05, 4.69) is 5.32 Å². The van der Waals surface area contributed by atoms with E-state index in [4.69, 9.17) is 16.3 Å². The molecule has 3 aromatic carbocycles. The van der Waals surface area contributed by atoms with Crippen LogP contribution in [0.5, 0.6) is 11.5 Å². The molecule has 25 heavy (non-hydrogen) atoms. The van der Waals surface area contributed by atoms with Gasteiger partial charge >= 0.3 is 0 Å². The van der Waals surface area contributed by atoms with Crippen molar-refractivity contribution < 1.29 is 14.6 Å². The summed E-state index contributed by atoms with van der Waals surface area (Å²) in [4.78, 5) is 12.6. The summed E-state index contributed by atoms with van der Waals surface area (Å²) in [6, 6.07) is 14.1. The molecule has 0 aliphatic heterocycles. The molecule has 0 spiro atoms. The van der Waals surface area contributed by atoms with Gasteiger partial charge in [-0.25, -0.2) is 0 Å². The van der Waals surface area contributed by atoms with Gasteiger partial charge in [-0.3, -0.25) is 4.79 Å². The number of phenolic OH excluding ortho intramolecular Hbond substituents is 1. The van der Waals surface area contributed by atoms with Gasteiger partial charge < -0.3 is 15.2 Å². The van der Waals surface area contributed by atoms with Crippen molar-refractivity contribution in [3.63, 3.8) is 0 Å². The Labute approximate surface area is 193 Å². The minimum atomic E-state index is -0.418. The number of nitrogens with one attached hydrogen (secondary N) is 1. The van der Waals surface area contributed by atoms with Crippen LogP contribution in [0, 0.1) is 6.92 Å². The molecule has 1 radical (unpaired) electrons. The van der Waals surface area contributed by atoms with Gasteiger partial charge in [-0.1, -0.05) is 35.9 Å². The zero-order chi connectivity index (χ0) is 17.3. The second-order valence-electron chi connectivity index (χ2n) is 5.47. The van der Waals surface area contributed by atoms with E-state index in [9.17, 15) is 9.90 Å². The molecule has 3 aromatic rings. The van der Waals surface area contributed by atoms with Gasteiger partial charge in [0.15, 0.2) is 0 Å². The zero-order valence-corrected chi connectivity index (χ0v) is 18.1. The Bertz CT molecular complexity index is 943. The van der Waals surface area contributed by atoms with E-state index in [0.29, 0.717) is 16.5 Å². The first-order valence-corrected chi connectivity index (χ1v) is 7.74. The minimum absolute atomic E-state index is 0. The molecular formula is C19H16ClKNO3. The first kappa shape index (κ1) is 20.2. The Balaban J connectivity index is 0.00000225. The standard InChI is InChI=1S/C19H16ClNO3.K/c1-11-7-16(18(24-2)10-15(11)20)21-19(23)14-8-12-5-3-4-6-13(12)9-17(14)22;/h3-10,22H,1-2H3,(H,21,23);. The van der Waals surface area contributed by atoms with Gasteiger partial charge in [0, 0.05) is 62.5 Å². The second-order valence-corrected chi connectivity index (χ2v) is 5.88. The molecule has 0 heterocycles. The number of hydrogen-bond donors (Lipinski definition) is 2. The van der Waals surface area contributed by atoms with E-state index in [1.807, 2.05) is 31.2 Å². The Morgan fingerprint density at radius 3 is 2.40 bits per heavy atom. The third kappa shape index (κ3) is 4.37. The molecule has 0 aliphatic carbocycles. The molecule has 123 valence electrons. The first-order valence-electron chi connectivity index (χ1n) is 7.37. The monoisotopic (exact) mass is 380 g/mol. The molecule has 1 amide bonds. The van der Waals surface area contributed by atoms with Crippen LogP contribution in [0.25, 0.3) is 10.8 Å². The maximum absolute atomic E-state index is 12.6. The van der Waals surface area contributed by atoms with Crippen molar-refractivity contribution in [2.75, 3.05) is 12.4 Å². The third-order valence-corrected chi connectivity index (χ3v) is 4.24. The van der Waals surface area contributed by atoms with Crippen molar-refractivity contribution in [1.29, 1.82) is 0 Å². The van der Waals surface area contributed by atoms with Gasteiger partial charge in [-0.2, -0.15) is 0 Å². The molecule has 0 unspecified atom stereocenters. The van der Waals surface area contributed by atoms with Gasteiger partial charge in [0.25, 0.3) is 5.91 Å². The maximum Gasteiger partial charge on any atom is 0.259 e. The average molecular weight is 381 g/mol. The van der Waals surface area contributed by atoms with Crippen molar-refractivity contribution in [3.05, 3.63) is 64.7 Å². The van der Waals surface area contributed by atoms with Crippen LogP contribution in [-0.2, 0) is 0 Å². The van der Waals surface area contributed by atoms with Crippen LogP contribution in [0.4, 0.5) is 5.69 Å². The SMILES string of the molecule is COc1cc(Cl)c(C)cc1NC(=O)c1cc2ccccc2cc1O.[K]. The summed E-state index contributed by atoms with van der Waals surface area (Å²) in [7, 11) is 1.50. The van der Waals surface area contributed by atoms with Gasteiger partial charge in [0.05, 0.1) is 18.4 Å². The summed E-state index contributed by atoms with van der Waals surface area (Å²) in [6.45, 7) is 1.84. The van der Waals surface area contributed by atoms with Gasteiger partial charge in [0.2, 0.25) is 0 Å². The van der Waals surface area contributed by atoms with Crippen molar-refractivity contribution >= 4 is 85.4 Å². The Kier molecular flexibility index (Phi) is 6.91. The molecule has 3 rings (SSSR count). The summed E-state index contributed by atoms with van der Waals surface area (Å²) in [5.74, 6) is -0.0339. The number of methoxy groups -OCH3 is 1. The van der Waals surface area contributed by atoms with E-state index in [-0.39, 0.29) is 62.7 Å². The Hall–Kier alpha value is -1.08. The van der Waals surface area contributed by atoms with Crippen LogP contribution < -0.4 is 10.1 Å². The van der Waals surface area contributed by atoms with Crippen LogP contribution in [-0.4, -0.2) is 69.5 Å². The summed E-state index contributed by atoms with van der Waals surface area (Å²) in [5.41, 5.74) is 1.51. The number of carbonyl (C=O) groups excluding carboxylic acids is 1. The topological polar surface area (TPSA) is 58.6 Å². The summed E-state index contributed by atoms with van der Waals surface area (Å²) in [5, 5.41) is 15.2. The van der Waals surface area contributed by atoms with E-state index >= 15 is 0 Å². The molecular weight excluding hydrogens is 365 g/mol. The third-order valence-electron chi connectivity index (χ3n) is 3.84. The van der Waals surface area contributed by atoms with Crippen molar-refractivity contribution in [2.45, 2.75) is 6.92 Å². The minimum Gasteiger partial charge on any atom is -0.507 e. The van der Waals surface area contributed by atoms with Crippen LogP contribution in [0.3, 0.4) is 0 Å². The number of benzene rings is 3. The van der Waals surface area contributed by atoms with Crippen molar-refractivity contribution in [2.24, 2.45) is 0 Å². The Morgan fingerprint density at radius 2 is 1.76 bits per heavy atom. The van der Waals surface area contributed by atoms with Gasteiger partial charge in [0.1, 0.15) is 11.5 Å². The quantitative estimate of drug-likeness (QED) is 0.662. The summed E-state index contributed by atoms with van der Waals surface area (Å²) < 4.78 is 5.26. The predicted molar refractivity (Wildman–Crippen MR) is 102 cm³/mol. The number of halogens is 1. The number of aryl methyl sites for hydroxylation is 1.